The number of hydrogen-bond donors (Lipinski definition) is 1. The van der Waals surface area contributed by atoms with Crippen molar-refractivity contribution in [3.63, 3.8) is 0 Å². The summed E-state index contributed by atoms with van der Waals surface area (Å²) in [5.74, 6) is 3.14. The molecule has 0 aliphatic heterocycles. The Hall–Kier alpha value is 0.110. The smallest absolute Gasteiger partial charge is 0.0731 e. The van der Waals surface area contributed by atoms with Gasteiger partial charge in [-0.15, -0.1) is 0 Å². The van der Waals surface area contributed by atoms with Crippen LogP contribution in [0.3, 0.4) is 0 Å². The second-order valence-corrected chi connectivity index (χ2v) is 11.4. The molecule has 1 atom stereocenters. The summed E-state index contributed by atoms with van der Waals surface area (Å²) >= 11 is 0. The van der Waals surface area contributed by atoms with E-state index in [0.717, 1.165) is 37.5 Å². The first-order chi connectivity index (χ1) is 11.9. The Bertz CT molecular complexity index is 417. The first-order valence-corrected chi connectivity index (χ1v) is 12.6. The highest BCUT2D eigenvalue weighted by Crippen LogP contribution is 2.51. The van der Waals surface area contributed by atoms with Gasteiger partial charge in [-0.05, 0) is 81.0 Å². The molecule has 3 rings (SSSR count). The van der Waals surface area contributed by atoms with Crippen LogP contribution in [0.25, 0.3) is 0 Å². The molecule has 0 aromatic carbocycles. The highest BCUT2D eigenvalue weighted by Gasteiger charge is 2.50. The van der Waals surface area contributed by atoms with E-state index in [2.05, 4.69) is 13.8 Å². The Balaban J connectivity index is 1.75. The molecule has 3 aliphatic carbocycles. The number of hydrogen-bond acceptors (Lipinski definition) is 2. The lowest BCUT2D eigenvalue weighted by Crippen LogP contribution is -2.54. The lowest BCUT2D eigenvalue weighted by Gasteiger charge is -2.52. The van der Waals surface area contributed by atoms with E-state index in [-0.39, 0.29) is 0 Å². The van der Waals surface area contributed by atoms with Gasteiger partial charge in [0, 0.05) is 22.3 Å². The molecule has 0 heterocycles. The Morgan fingerprint density at radius 2 is 1.00 bits per heavy atom. The standard InChI is InChI=1S/C22H40O2S/c1-16-4-8-18(9-5-16)22(23,19-10-6-17(2)7-11-19)20-12-14-21(15-13-20)25(3)24/h16-21,23H,4-15H2,1-3H3. The fraction of sp³-hybridized carbons (Fsp3) is 1.00. The molecular weight excluding hydrogens is 328 g/mol. The first kappa shape index (κ1) is 19.9. The molecule has 3 fully saturated rings. The summed E-state index contributed by atoms with van der Waals surface area (Å²) in [6.45, 7) is 4.75. The van der Waals surface area contributed by atoms with Crippen LogP contribution in [-0.2, 0) is 10.8 Å². The monoisotopic (exact) mass is 368 g/mol. The van der Waals surface area contributed by atoms with Gasteiger partial charge in [-0.25, -0.2) is 0 Å². The minimum atomic E-state index is -0.694. The van der Waals surface area contributed by atoms with E-state index in [1.54, 1.807) is 0 Å². The van der Waals surface area contributed by atoms with Gasteiger partial charge < -0.3 is 5.11 Å². The molecule has 0 aromatic heterocycles. The molecule has 0 aromatic rings. The van der Waals surface area contributed by atoms with Gasteiger partial charge in [0.2, 0.25) is 0 Å². The maximum atomic E-state index is 12.2. The van der Waals surface area contributed by atoms with Gasteiger partial charge in [0.15, 0.2) is 0 Å². The van der Waals surface area contributed by atoms with Gasteiger partial charge >= 0.3 is 0 Å². The van der Waals surface area contributed by atoms with E-state index >= 15 is 0 Å². The van der Waals surface area contributed by atoms with Crippen molar-refractivity contribution in [3.8, 4) is 0 Å². The summed E-state index contributed by atoms with van der Waals surface area (Å²) < 4.78 is 11.9. The zero-order chi connectivity index (χ0) is 18.0. The molecular formula is C22H40O2S. The average Bonchev–Trinajstić information content (AvgIpc) is 2.62. The van der Waals surface area contributed by atoms with Crippen molar-refractivity contribution in [3.05, 3.63) is 0 Å². The van der Waals surface area contributed by atoms with Crippen LogP contribution in [0.1, 0.15) is 90.9 Å². The van der Waals surface area contributed by atoms with Crippen molar-refractivity contribution in [2.45, 2.75) is 102 Å². The molecule has 0 spiro atoms. The van der Waals surface area contributed by atoms with E-state index < -0.39 is 16.4 Å². The molecule has 3 saturated carbocycles. The lowest BCUT2D eigenvalue weighted by atomic mass is 9.57. The summed E-state index contributed by atoms with van der Waals surface area (Å²) in [7, 11) is -0.694. The fourth-order valence-corrected chi connectivity index (χ4v) is 7.24. The van der Waals surface area contributed by atoms with Gasteiger partial charge in [-0.1, -0.05) is 39.5 Å². The highest BCUT2D eigenvalue weighted by molar-refractivity contribution is 7.84. The number of rotatable bonds is 4. The van der Waals surface area contributed by atoms with Gasteiger partial charge in [0.1, 0.15) is 0 Å². The maximum Gasteiger partial charge on any atom is 0.0731 e. The van der Waals surface area contributed by atoms with E-state index in [4.69, 9.17) is 0 Å². The summed E-state index contributed by atoms with van der Waals surface area (Å²) in [4.78, 5) is 0. The Labute approximate surface area is 158 Å². The van der Waals surface area contributed by atoms with Crippen molar-refractivity contribution in [2.24, 2.45) is 29.6 Å². The van der Waals surface area contributed by atoms with Gasteiger partial charge in [-0.3, -0.25) is 4.21 Å². The zero-order valence-corrected chi connectivity index (χ0v) is 17.5. The molecule has 146 valence electrons. The summed E-state index contributed by atoms with van der Waals surface area (Å²) in [5, 5.41) is 12.6. The predicted molar refractivity (Wildman–Crippen MR) is 107 cm³/mol. The minimum Gasteiger partial charge on any atom is -0.389 e. The molecule has 1 unspecified atom stereocenters. The van der Waals surface area contributed by atoms with Gasteiger partial charge in [-0.2, -0.15) is 0 Å². The molecule has 0 radical (unpaired) electrons. The molecule has 0 bridgehead atoms. The van der Waals surface area contributed by atoms with Crippen molar-refractivity contribution in [1.29, 1.82) is 0 Å². The van der Waals surface area contributed by atoms with Crippen LogP contribution in [0.15, 0.2) is 0 Å². The molecule has 0 saturated heterocycles. The molecule has 3 heteroatoms. The number of aliphatic hydroxyl groups is 1. The normalized spacial score (nSPS) is 44.0. The van der Waals surface area contributed by atoms with Crippen molar-refractivity contribution < 1.29 is 9.32 Å². The van der Waals surface area contributed by atoms with Gasteiger partial charge in [0.25, 0.3) is 0 Å². The van der Waals surface area contributed by atoms with Crippen LogP contribution in [0, 0.1) is 29.6 Å². The van der Waals surface area contributed by atoms with Crippen molar-refractivity contribution >= 4 is 10.8 Å². The quantitative estimate of drug-likeness (QED) is 0.730. The molecule has 1 N–H and O–H groups in total. The molecule has 2 nitrogen and oxygen atoms in total. The zero-order valence-electron chi connectivity index (χ0n) is 16.7. The van der Waals surface area contributed by atoms with Crippen LogP contribution in [-0.4, -0.2) is 26.4 Å². The third-order valence-electron chi connectivity index (χ3n) is 8.14. The Morgan fingerprint density at radius 1 is 0.680 bits per heavy atom. The highest BCUT2D eigenvalue weighted by atomic mass is 32.2. The summed E-state index contributed by atoms with van der Waals surface area (Å²) in [6, 6.07) is 0. The molecule has 25 heavy (non-hydrogen) atoms. The van der Waals surface area contributed by atoms with Crippen molar-refractivity contribution in [2.75, 3.05) is 6.26 Å². The maximum absolute atomic E-state index is 12.2. The third kappa shape index (κ3) is 4.34. The third-order valence-corrected chi connectivity index (χ3v) is 9.55. The van der Waals surface area contributed by atoms with E-state index in [9.17, 15) is 9.32 Å². The largest absolute Gasteiger partial charge is 0.389 e. The second-order valence-electron chi connectivity index (χ2n) is 9.77. The first-order valence-electron chi connectivity index (χ1n) is 11.0. The van der Waals surface area contributed by atoms with Crippen molar-refractivity contribution in [1.82, 2.24) is 0 Å². The Morgan fingerprint density at radius 3 is 1.32 bits per heavy atom. The Kier molecular flexibility index (Phi) is 6.69. The lowest BCUT2D eigenvalue weighted by molar-refractivity contribution is -0.145. The minimum absolute atomic E-state index is 0.373. The van der Waals surface area contributed by atoms with E-state index in [1.807, 2.05) is 6.26 Å². The SMILES string of the molecule is CC1CCC(C(O)(C2CCC(C)CC2)C2CCC(S(C)=O)CC2)CC1. The van der Waals surface area contributed by atoms with Crippen LogP contribution in [0.2, 0.25) is 0 Å². The van der Waals surface area contributed by atoms with Crippen LogP contribution >= 0.6 is 0 Å². The van der Waals surface area contributed by atoms with Crippen LogP contribution in [0.4, 0.5) is 0 Å². The van der Waals surface area contributed by atoms with Crippen LogP contribution < -0.4 is 0 Å². The average molecular weight is 369 g/mol. The fourth-order valence-electron chi connectivity index (χ4n) is 6.30. The molecule has 3 aliphatic rings. The second kappa shape index (κ2) is 8.42. The topological polar surface area (TPSA) is 37.3 Å². The molecule has 0 amide bonds. The van der Waals surface area contributed by atoms with Crippen LogP contribution in [0.5, 0.6) is 0 Å². The van der Waals surface area contributed by atoms with E-state index in [1.165, 1.54) is 51.4 Å². The van der Waals surface area contributed by atoms with E-state index in [0.29, 0.717) is 23.0 Å². The summed E-state index contributed by atoms with van der Waals surface area (Å²) in [6.07, 6.45) is 16.3. The summed E-state index contributed by atoms with van der Waals surface area (Å²) in [5.41, 5.74) is -0.444. The predicted octanol–water partition coefficient (Wildman–Crippen LogP) is 5.31. The van der Waals surface area contributed by atoms with Gasteiger partial charge in [0.05, 0.1) is 5.60 Å².